The lowest BCUT2D eigenvalue weighted by molar-refractivity contribution is -0.385. The van der Waals surface area contributed by atoms with E-state index in [9.17, 15) is 14.9 Å². The van der Waals surface area contributed by atoms with Gasteiger partial charge in [-0.05, 0) is 44.0 Å². The number of aryl methyl sites for hydroxylation is 1. The van der Waals surface area contributed by atoms with Gasteiger partial charge in [-0.15, -0.1) is 0 Å². The topological polar surface area (TPSA) is 78.7 Å². The Morgan fingerprint density at radius 3 is 2.57 bits per heavy atom. The second-order valence-corrected chi connectivity index (χ2v) is 6.30. The maximum atomic E-state index is 12.4. The van der Waals surface area contributed by atoms with E-state index in [-0.39, 0.29) is 17.0 Å². The first kappa shape index (κ1) is 21.2. The molecule has 0 spiro atoms. The highest BCUT2D eigenvalue weighted by Gasteiger charge is 2.13. The van der Waals surface area contributed by atoms with Gasteiger partial charge in [-0.25, -0.2) is 0 Å². The highest BCUT2D eigenvalue weighted by molar-refractivity contribution is 6.07. The Labute approximate surface area is 164 Å². The zero-order valence-electron chi connectivity index (χ0n) is 16.4. The molecule has 0 N–H and O–H groups in total. The summed E-state index contributed by atoms with van der Waals surface area (Å²) in [4.78, 5) is 23.0. The van der Waals surface area contributed by atoms with Crippen LogP contribution in [0.15, 0.2) is 42.5 Å². The lowest BCUT2D eigenvalue weighted by atomic mass is 10.1. The van der Waals surface area contributed by atoms with Crippen molar-refractivity contribution in [2.45, 2.75) is 33.6 Å². The predicted octanol–water partition coefficient (Wildman–Crippen LogP) is 5.38. The summed E-state index contributed by atoms with van der Waals surface area (Å²) in [6.45, 7) is 6.76. The fourth-order valence-electron chi connectivity index (χ4n) is 2.57. The molecule has 0 fully saturated rings. The maximum Gasteiger partial charge on any atom is 0.273 e. The van der Waals surface area contributed by atoms with Crippen LogP contribution in [0.5, 0.6) is 11.5 Å². The van der Waals surface area contributed by atoms with Gasteiger partial charge in [0.25, 0.3) is 5.69 Å². The van der Waals surface area contributed by atoms with Crippen molar-refractivity contribution >= 4 is 17.5 Å². The normalized spacial score (nSPS) is 10.8. The van der Waals surface area contributed by atoms with E-state index in [0.717, 1.165) is 18.4 Å². The van der Waals surface area contributed by atoms with Gasteiger partial charge in [0.05, 0.1) is 18.1 Å². The number of benzene rings is 2. The molecule has 0 radical (unpaired) electrons. The molecule has 0 amide bonds. The second kappa shape index (κ2) is 10.3. The number of unbranched alkanes of at least 4 members (excludes halogenated alkanes) is 1. The third kappa shape index (κ3) is 5.67. The number of hydrogen-bond donors (Lipinski definition) is 0. The number of ether oxygens (including phenoxy) is 2. The van der Waals surface area contributed by atoms with Crippen molar-refractivity contribution in [2.24, 2.45) is 0 Å². The summed E-state index contributed by atoms with van der Waals surface area (Å²) in [6.07, 6.45) is 5.07. The summed E-state index contributed by atoms with van der Waals surface area (Å²) in [5, 5.41) is 11.1. The van der Waals surface area contributed by atoms with Gasteiger partial charge in [-0.2, -0.15) is 0 Å². The number of hydrogen-bond acceptors (Lipinski definition) is 5. The van der Waals surface area contributed by atoms with Gasteiger partial charge in [0.1, 0.15) is 0 Å². The minimum absolute atomic E-state index is 0.0635. The zero-order valence-corrected chi connectivity index (χ0v) is 16.4. The first-order valence-corrected chi connectivity index (χ1v) is 9.33. The number of ketones is 1. The minimum atomic E-state index is -0.485. The molecule has 2 aromatic carbocycles. The highest BCUT2D eigenvalue weighted by atomic mass is 16.6. The highest BCUT2D eigenvalue weighted by Crippen LogP contribution is 2.29. The number of carbonyl (C=O) groups excluding carboxylic acids is 1. The van der Waals surface area contributed by atoms with Crippen molar-refractivity contribution in [3.63, 3.8) is 0 Å². The third-order valence-electron chi connectivity index (χ3n) is 4.14. The molecule has 0 atom stereocenters. The third-order valence-corrected chi connectivity index (χ3v) is 4.14. The fraction of sp³-hybridized carbons (Fsp3) is 0.318. The number of nitro benzene ring substituents is 1. The zero-order chi connectivity index (χ0) is 20.5. The molecular weight excluding hydrogens is 358 g/mol. The lowest BCUT2D eigenvalue weighted by Crippen LogP contribution is -2.01. The number of nitrogens with zero attached hydrogens (tertiary/aromatic N) is 1. The van der Waals surface area contributed by atoms with Crippen molar-refractivity contribution in [1.82, 2.24) is 0 Å². The molecule has 0 heterocycles. The van der Waals surface area contributed by atoms with Crippen molar-refractivity contribution in [3.05, 3.63) is 69.3 Å². The van der Waals surface area contributed by atoms with E-state index < -0.39 is 4.92 Å². The Kier molecular flexibility index (Phi) is 7.75. The van der Waals surface area contributed by atoms with E-state index in [1.54, 1.807) is 25.1 Å². The van der Waals surface area contributed by atoms with Crippen LogP contribution < -0.4 is 9.47 Å². The molecule has 28 heavy (non-hydrogen) atoms. The molecule has 0 saturated heterocycles. The van der Waals surface area contributed by atoms with Crippen LogP contribution in [0, 0.1) is 17.0 Å². The molecule has 0 aliphatic rings. The molecule has 0 aliphatic heterocycles. The lowest BCUT2D eigenvalue weighted by Gasteiger charge is -2.12. The Bertz CT molecular complexity index is 873. The van der Waals surface area contributed by atoms with Gasteiger partial charge in [0, 0.05) is 17.2 Å². The number of rotatable bonds is 10. The number of carbonyl (C=O) groups is 1. The van der Waals surface area contributed by atoms with E-state index in [1.165, 1.54) is 12.1 Å². The van der Waals surface area contributed by atoms with E-state index in [2.05, 4.69) is 6.92 Å². The molecule has 148 valence electrons. The van der Waals surface area contributed by atoms with Crippen molar-refractivity contribution < 1.29 is 19.2 Å². The van der Waals surface area contributed by atoms with E-state index in [0.29, 0.717) is 30.3 Å². The van der Waals surface area contributed by atoms with Crippen LogP contribution >= 0.6 is 0 Å². The molecule has 0 aromatic heterocycles. The maximum absolute atomic E-state index is 12.4. The van der Waals surface area contributed by atoms with E-state index in [1.807, 2.05) is 25.1 Å². The van der Waals surface area contributed by atoms with Gasteiger partial charge in [0.2, 0.25) is 0 Å². The minimum Gasteiger partial charge on any atom is -0.490 e. The first-order valence-electron chi connectivity index (χ1n) is 9.33. The summed E-state index contributed by atoms with van der Waals surface area (Å²) in [5.41, 5.74) is 1.51. The van der Waals surface area contributed by atoms with E-state index >= 15 is 0 Å². The summed E-state index contributed by atoms with van der Waals surface area (Å²) in [6, 6.07) is 9.94. The Morgan fingerprint density at radius 1 is 1.11 bits per heavy atom. The van der Waals surface area contributed by atoms with Crippen molar-refractivity contribution in [1.29, 1.82) is 0 Å². The van der Waals surface area contributed by atoms with E-state index in [4.69, 9.17) is 9.47 Å². The second-order valence-electron chi connectivity index (χ2n) is 6.30. The summed E-state index contributed by atoms with van der Waals surface area (Å²) < 4.78 is 11.4. The number of allylic oxidation sites excluding steroid dienone is 1. The Morgan fingerprint density at radius 2 is 1.89 bits per heavy atom. The van der Waals surface area contributed by atoms with Crippen LogP contribution in [0.3, 0.4) is 0 Å². The van der Waals surface area contributed by atoms with Crippen LogP contribution in [0.4, 0.5) is 5.69 Å². The van der Waals surface area contributed by atoms with Crippen LogP contribution in [0.2, 0.25) is 0 Å². The average molecular weight is 383 g/mol. The Hall–Kier alpha value is -3.15. The predicted molar refractivity (Wildman–Crippen MR) is 109 cm³/mol. The van der Waals surface area contributed by atoms with Crippen molar-refractivity contribution in [3.8, 4) is 11.5 Å². The van der Waals surface area contributed by atoms with Gasteiger partial charge in [0.15, 0.2) is 17.3 Å². The van der Waals surface area contributed by atoms with Gasteiger partial charge < -0.3 is 9.47 Å². The quantitative estimate of drug-likeness (QED) is 0.181. The van der Waals surface area contributed by atoms with Gasteiger partial charge in [-0.3, -0.25) is 14.9 Å². The fourth-order valence-corrected chi connectivity index (χ4v) is 2.57. The molecular formula is C22H25NO5. The Balaban J connectivity index is 2.18. The largest absolute Gasteiger partial charge is 0.490 e. The number of nitro groups is 1. The summed E-state index contributed by atoms with van der Waals surface area (Å²) in [5.74, 6) is 0.997. The molecule has 2 aromatic rings. The molecule has 2 rings (SSSR count). The monoisotopic (exact) mass is 383 g/mol. The van der Waals surface area contributed by atoms with Gasteiger partial charge in [-0.1, -0.05) is 37.6 Å². The van der Waals surface area contributed by atoms with Crippen LogP contribution in [-0.2, 0) is 0 Å². The summed E-state index contributed by atoms with van der Waals surface area (Å²) in [7, 11) is 0. The molecule has 0 saturated carbocycles. The molecule has 0 bridgehead atoms. The molecule has 6 heteroatoms. The SMILES string of the molecule is CCCCOc1ccc(/C=C/C(=O)c2ccc(C)c([N+](=O)[O-])c2)cc1OCC. The standard InChI is InChI=1S/C22H25NO5/c1-4-6-13-28-21-12-9-17(14-22(21)27-5-2)8-11-20(24)18-10-7-16(3)19(15-18)23(25)26/h7-12,14-15H,4-6,13H2,1-3H3/b11-8+. The van der Waals surface area contributed by atoms with Crippen molar-refractivity contribution in [2.75, 3.05) is 13.2 Å². The molecule has 6 nitrogen and oxygen atoms in total. The molecule has 0 unspecified atom stereocenters. The summed E-state index contributed by atoms with van der Waals surface area (Å²) >= 11 is 0. The first-order chi connectivity index (χ1) is 13.5. The van der Waals surface area contributed by atoms with Crippen LogP contribution in [0.1, 0.15) is 48.2 Å². The van der Waals surface area contributed by atoms with Crippen LogP contribution in [0.25, 0.3) is 6.08 Å². The van der Waals surface area contributed by atoms with Crippen LogP contribution in [-0.4, -0.2) is 23.9 Å². The molecule has 0 aliphatic carbocycles. The smallest absolute Gasteiger partial charge is 0.273 e. The average Bonchev–Trinajstić information content (AvgIpc) is 2.68. The van der Waals surface area contributed by atoms with Gasteiger partial charge >= 0.3 is 0 Å².